The lowest BCUT2D eigenvalue weighted by atomic mass is 9.45. The van der Waals surface area contributed by atoms with E-state index in [1.165, 1.54) is 0 Å². The molecule has 0 unspecified atom stereocenters. The van der Waals surface area contributed by atoms with Crippen LogP contribution in [0.4, 0.5) is 11.6 Å². The summed E-state index contributed by atoms with van der Waals surface area (Å²) in [4.78, 5) is 13.2. The fourth-order valence-electron chi connectivity index (χ4n) is 8.26. The lowest BCUT2D eigenvalue weighted by Crippen LogP contribution is -2.58. The summed E-state index contributed by atoms with van der Waals surface area (Å²) < 4.78 is 16.7. The number of anilines is 2. The number of aromatic nitrogens is 2. The fourth-order valence-corrected chi connectivity index (χ4v) is 8.26. The maximum absolute atomic E-state index is 9.75. The third kappa shape index (κ3) is 4.09. The standard InChI is InChI=1S/C46H28BN3O/c1-3-16-30(17-4-1)43-35-23-11-13-25-38(35)48-46(49-43)50-44-40(33-21-9-10-22-34(33)41-36-24-12-14-26-39(36)51-45(41)44)37-28-27-29-15-7-8-20-32(29)42(37)47(50)31-18-5-2-6-19-31/h1-28H/i28D. The molecule has 51 heavy (non-hydrogen) atoms. The van der Waals surface area contributed by atoms with Crippen molar-refractivity contribution in [3.63, 3.8) is 0 Å². The Morgan fingerprint density at radius 1 is 0.569 bits per heavy atom. The molecule has 11 rings (SSSR count). The molecule has 0 saturated heterocycles. The van der Waals surface area contributed by atoms with Crippen molar-refractivity contribution in [1.29, 1.82) is 0 Å². The normalized spacial score (nSPS) is 12.9. The molecule has 0 fully saturated rings. The van der Waals surface area contributed by atoms with E-state index in [0.717, 1.165) is 93.4 Å². The average molecular weight is 651 g/mol. The van der Waals surface area contributed by atoms with Gasteiger partial charge in [-0.1, -0.05) is 163 Å². The van der Waals surface area contributed by atoms with Gasteiger partial charge in [0.2, 0.25) is 5.95 Å². The van der Waals surface area contributed by atoms with Crippen molar-refractivity contribution in [2.45, 2.75) is 0 Å². The van der Waals surface area contributed by atoms with Gasteiger partial charge in [0.25, 0.3) is 0 Å². The first-order chi connectivity index (χ1) is 25.7. The number of hydrogen-bond acceptors (Lipinski definition) is 4. The summed E-state index contributed by atoms with van der Waals surface area (Å²) in [6.45, 7) is -0.388. The van der Waals surface area contributed by atoms with E-state index in [4.69, 9.17) is 14.4 Å². The molecule has 236 valence electrons. The van der Waals surface area contributed by atoms with Gasteiger partial charge >= 0.3 is 6.85 Å². The van der Waals surface area contributed by atoms with E-state index in [0.29, 0.717) is 12.0 Å². The van der Waals surface area contributed by atoms with Crippen LogP contribution in [-0.2, 0) is 0 Å². The summed E-state index contributed by atoms with van der Waals surface area (Å²) in [5, 5.41) is 7.33. The van der Waals surface area contributed by atoms with Gasteiger partial charge in [0.1, 0.15) is 5.58 Å². The molecule has 0 radical (unpaired) electrons. The minimum absolute atomic E-state index is 0.388. The Bertz CT molecular complexity index is 3050. The van der Waals surface area contributed by atoms with Gasteiger partial charge in [-0.25, -0.2) is 9.97 Å². The molecule has 4 nitrogen and oxygen atoms in total. The molecule has 0 bridgehead atoms. The Morgan fingerprint density at radius 2 is 1.22 bits per heavy atom. The number of nitrogens with zero attached hydrogens (tertiary/aromatic N) is 3. The third-order valence-electron chi connectivity index (χ3n) is 10.4. The lowest BCUT2D eigenvalue weighted by Gasteiger charge is -2.38. The second kappa shape index (κ2) is 10.9. The quantitative estimate of drug-likeness (QED) is 0.179. The molecule has 1 aliphatic rings. The van der Waals surface area contributed by atoms with Gasteiger partial charge in [-0.05, 0) is 44.7 Å². The molecule has 0 spiro atoms. The largest absolute Gasteiger partial charge is 0.454 e. The first-order valence-electron chi connectivity index (χ1n) is 17.8. The first kappa shape index (κ1) is 27.1. The van der Waals surface area contributed by atoms with Gasteiger partial charge in [-0.3, -0.25) is 0 Å². The summed E-state index contributed by atoms with van der Waals surface area (Å²) in [7, 11) is 0. The van der Waals surface area contributed by atoms with E-state index in [1.807, 2.05) is 42.5 Å². The third-order valence-corrected chi connectivity index (χ3v) is 10.4. The van der Waals surface area contributed by atoms with Crippen LogP contribution in [0.5, 0.6) is 0 Å². The summed E-state index contributed by atoms with van der Waals surface area (Å²) in [5.74, 6) is 0.565. The van der Waals surface area contributed by atoms with Crippen LogP contribution in [0.1, 0.15) is 1.37 Å². The molecule has 3 heterocycles. The highest BCUT2D eigenvalue weighted by atomic mass is 16.3. The molecule has 5 heteroatoms. The zero-order chi connectivity index (χ0) is 34.3. The predicted molar refractivity (Wildman–Crippen MR) is 213 cm³/mol. The molecule has 0 atom stereocenters. The van der Waals surface area contributed by atoms with Crippen LogP contribution in [0.15, 0.2) is 174 Å². The number of fused-ring (bicyclic) bond motifs is 13. The lowest BCUT2D eigenvalue weighted by molar-refractivity contribution is 0.669. The Kier molecular flexibility index (Phi) is 5.80. The minimum atomic E-state index is -0.388. The molecular formula is C46H28BN3O. The summed E-state index contributed by atoms with van der Waals surface area (Å²) in [6, 6.07) is 56.9. The molecule has 8 aromatic carbocycles. The molecular weight excluding hydrogens is 621 g/mol. The van der Waals surface area contributed by atoms with Crippen LogP contribution in [-0.4, -0.2) is 16.8 Å². The van der Waals surface area contributed by atoms with E-state index in [2.05, 4.69) is 126 Å². The van der Waals surface area contributed by atoms with Crippen molar-refractivity contribution < 1.29 is 5.79 Å². The first-order valence-corrected chi connectivity index (χ1v) is 17.3. The maximum Gasteiger partial charge on any atom is 0.332 e. The minimum Gasteiger partial charge on any atom is -0.454 e. The second-order valence-electron chi connectivity index (χ2n) is 13.2. The van der Waals surface area contributed by atoms with Gasteiger partial charge in [-0.15, -0.1) is 0 Å². The molecule has 2 aromatic heterocycles. The van der Waals surface area contributed by atoms with E-state index in [1.54, 1.807) is 0 Å². The number of para-hydroxylation sites is 2. The maximum atomic E-state index is 9.75. The van der Waals surface area contributed by atoms with Gasteiger partial charge in [0.05, 0.1) is 18.3 Å². The van der Waals surface area contributed by atoms with E-state index < -0.39 is 0 Å². The fraction of sp³-hybridized carbons (Fsp3) is 0. The van der Waals surface area contributed by atoms with E-state index >= 15 is 0 Å². The second-order valence-corrected chi connectivity index (χ2v) is 13.2. The van der Waals surface area contributed by atoms with Crippen LogP contribution < -0.4 is 15.7 Å². The number of benzene rings is 8. The van der Waals surface area contributed by atoms with Crippen molar-refractivity contribution in [2.75, 3.05) is 4.81 Å². The molecule has 10 aromatic rings. The topological polar surface area (TPSA) is 42.2 Å². The van der Waals surface area contributed by atoms with Crippen LogP contribution in [0.3, 0.4) is 0 Å². The van der Waals surface area contributed by atoms with Crippen molar-refractivity contribution in [2.24, 2.45) is 0 Å². The predicted octanol–water partition coefficient (Wildman–Crippen LogP) is 10.4. The van der Waals surface area contributed by atoms with Gasteiger partial charge in [0, 0.05) is 27.3 Å². The SMILES string of the molecule is [2H]c1cc2ccccc2c2c1-c1c(c3oc4ccccc4c3c3ccccc13)N(c1nc(-c3ccccc3)c3ccccc3n1)B2c1ccccc1. The monoisotopic (exact) mass is 650 g/mol. The zero-order valence-electron chi connectivity index (χ0n) is 28.4. The number of rotatable bonds is 3. The van der Waals surface area contributed by atoms with Crippen molar-refractivity contribution in [3.05, 3.63) is 170 Å². The average Bonchev–Trinajstić information content (AvgIpc) is 3.60. The van der Waals surface area contributed by atoms with Crippen LogP contribution in [0.25, 0.3) is 76.8 Å². The van der Waals surface area contributed by atoms with Gasteiger partial charge in [0.15, 0.2) is 5.58 Å². The molecule has 0 N–H and O–H groups in total. The Morgan fingerprint density at radius 3 is 2.04 bits per heavy atom. The van der Waals surface area contributed by atoms with Crippen molar-refractivity contribution in [1.82, 2.24) is 9.97 Å². The Hall–Kier alpha value is -6.72. The molecule has 0 saturated carbocycles. The Balaban J connectivity index is 1.39. The van der Waals surface area contributed by atoms with E-state index in [-0.39, 0.29) is 6.85 Å². The van der Waals surface area contributed by atoms with Crippen LogP contribution in [0.2, 0.25) is 0 Å². The molecule has 0 aliphatic carbocycles. The smallest absolute Gasteiger partial charge is 0.332 e. The number of hydrogen-bond donors (Lipinski definition) is 0. The van der Waals surface area contributed by atoms with Crippen LogP contribution >= 0.6 is 0 Å². The van der Waals surface area contributed by atoms with Crippen molar-refractivity contribution in [3.8, 4) is 22.4 Å². The zero-order valence-corrected chi connectivity index (χ0v) is 27.4. The van der Waals surface area contributed by atoms with Crippen molar-refractivity contribution >= 4 is 83.8 Å². The summed E-state index contributed by atoms with van der Waals surface area (Å²) in [6.07, 6.45) is 0. The summed E-state index contributed by atoms with van der Waals surface area (Å²) in [5.41, 5.74) is 9.15. The summed E-state index contributed by atoms with van der Waals surface area (Å²) >= 11 is 0. The molecule has 0 amide bonds. The van der Waals surface area contributed by atoms with Gasteiger partial charge < -0.3 is 9.23 Å². The highest BCUT2D eigenvalue weighted by Gasteiger charge is 2.43. The van der Waals surface area contributed by atoms with E-state index in [9.17, 15) is 1.37 Å². The molecule has 1 aliphatic heterocycles. The van der Waals surface area contributed by atoms with Crippen LogP contribution in [0, 0.1) is 0 Å². The Labute approximate surface area is 295 Å². The highest BCUT2D eigenvalue weighted by Crippen LogP contribution is 2.51. The van der Waals surface area contributed by atoms with Gasteiger partial charge in [-0.2, -0.15) is 0 Å². The highest BCUT2D eigenvalue weighted by molar-refractivity contribution is 6.92. The number of furan rings is 1.